The fourth-order valence-corrected chi connectivity index (χ4v) is 2.09. The van der Waals surface area contributed by atoms with E-state index in [0.29, 0.717) is 13.1 Å². The van der Waals surface area contributed by atoms with E-state index in [9.17, 15) is 9.18 Å². The van der Waals surface area contributed by atoms with Gasteiger partial charge in [-0.25, -0.2) is 9.18 Å². The van der Waals surface area contributed by atoms with E-state index < -0.39 is 0 Å². The Hall–Kier alpha value is -2.56. The first-order valence-corrected chi connectivity index (χ1v) is 6.95. The lowest BCUT2D eigenvalue weighted by atomic mass is 10.2. The summed E-state index contributed by atoms with van der Waals surface area (Å²) in [5.41, 5.74) is 1.78. The van der Waals surface area contributed by atoms with Crippen LogP contribution in [0.1, 0.15) is 11.1 Å². The number of benzene rings is 2. The molecule has 0 aliphatic heterocycles. The maximum absolute atomic E-state index is 12.9. The summed E-state index contributed by atoms with van der Waals surface area (Å²) in [6.45, 7) is 0.800. The first kappa shape index (κ1) is 15.8. The molecule has 0 fully saturated rings. The third-order valence-corrected chi connectivity index (χ3v) is 3.30. The maximum Gasteiger partial charge on any atom is 0.317 e. The molecule has 0 saturated heterocycles. The van der Waals surface area contributed by atoms with Gasteiger partial charge in [0.05, 0.1) is 7.11 Å². The molecule has 5 heteroatoms. The molecule has 0 atom stereocenters. The molecule has 0 radical (unpaired) electrons. The van der Waals surface area contributed by atoms with Gasteiger partial charge in [-0.15, -0.1) is 0 Å². The van der Waals surface area contributed by atoms with Crippen molar-refractivity contribution < 1.29 is 13.9 Å². The van der Waals surface area contributed by atoms with Crippen LogP contribution < -0.4 is 10.1 Å². The maximum atomic E-state index is 12.9. The molecule has 2 rings (SSSR count). The Morgan fingerprint density at radius 3 is 2.55 bits per heavy atom. The van der Waals surface area contributed by atoms with E-state index in [2.05, 4.69) is 5.32 Å². The second-order valence-corrected chi connectivity index (χ2v) is 4.95. The Morgan fingerprint density at radius 1 is 1.18 bits per heavy atom. The van der Waals surface area contributed by atoms with Crippen molar-refractivity contribution in [1.82, 2.24) is 10.2 Å². The number of rotatable bonds is 5. The van der Waals surface area contributed by atoms with Gasteiger partial charge in [0.2, 0.25) is 0 Å². The number of para-hydroxylation sites is 1. The molecular formula is C17H19FN2O2. The topological polar surface area (TPSA) is 41.6 Å². The van der Waals surface area contributed by atoms with Crippen LogP contribution >= 0.6 is 0 Å². The number of nitrogens with zero attached hydrogens (tertiary/aromatic N) is 1. The van der Waals surface area contributed by atoms with E-state index >= 15 is 0 Å². The Labute approximate surface area is 129 Å². The molecule has 0 spiro atoms. The number of urea groups is 1. The number of nitrogens with one attached hydrogen (secondary N) is 1. The Kier molecular flexibility index (Phi) is 5.36. The number of hydrogen-bond donors (Lipinski definition) is 1. The Balaban J connectivity index is 1.90. The van der Waals surface area contributed by atoms with Gasteiger partial charge in [0.15, 0.2) is 0 Å². The first-order valence-electron chi connectivity index (χ1n) is 6.95. The van der Waals surface area contributed by atoms with Crippen molar-refractivity contribution in [1.29, 1.82) is 0 Å². The van der Waals surface area contributed by atoms with Gasteiger partial charge >= 0.3 is 6.03 Å². The van der Waals surface area contributed by atoms with Crippen molar-refractivity contribution in [3.8, 4) is 5.75 Å². The lowest BCUT2D eigenvalue weighted by Crippen LogP contribution is -2.36. The van der Waals surface area contributed by atoms with Gasteiger partial charge in [-0.1, -0.05) is 30.3 Å². The van der Waals surface area contributed by atoms with Gasteiger partial charge in [0.25, 0.3) is 0 Å². The number of hydrogen-bond acceptors (Lipinski definition) is 2. The second-order valence-electron chi connectivity index (χ2n) is 4.95. The summed E-state index contributed by atoms with van der Waals surface area (Å²) in [6, 6.07) is 13.4. The Bertz CT molecular complexity index is 629. The highest BCUT2D eigenvalue weighted by atomic mass is 19.1. The van der Waals surface area contributed by atoms with Crippen LogP contribution in [0.15, 0.2) is 48.5 Å². The molecule has 0 saturated carbocycles. The lowest BCUT2D eigenvalue weighted by Gasteiger charge is -2.18. The summed E-state index contributed by atoms with van der Waals surface area (Å²) in [6.07, 6.45) is 0. The molecule has 116 valence electrons. The van der Waals surface area contributed by atoms with Crippen molar-refractivity contribution in [3.63, 3.8) is 0 Å². The predicted molar refractivity (Wildman–Crippen MR) is 83.1 cm³/mol. The van der Waals surface area contributed by atoms with Gasteiger partial charge in [0, 0.05) is 25.7 Å². The minimum Gasteiger partial charge on any atom is -0.496 e. The van der Waals surface area contributed by atoms with Gasteiger partial charge in [-0.3, -0.25) is 0 Å². The molecule has 0 unspecified atom stereocenters. The highest BCUT2D eigenvalue weighted by Crippen LogP contribution is 2.16. The molecule has 22 heavy (non-hydrogen) atoms. The van der Waals surface area contributed by atoms with Crippen LogP contribution in [0.2, 0.25) is 0 Å². The standard InChI is InChI=1S/C17H19FN2O2/c1-20(12-13-7-9-15(18)10-8-13)17(21)19-11-14-5-3-4-6-16(14)22-2/h3-10H,11-12H2,1-2H3,(H,19,21). The number of amides is 2. The SMILES string of the molecule is COc1ccccc1CNC(=O)N(C)Cc1ccc(F)cc1. The van der Waals surface area contributed by atoms with Crippen LogP contribution in [-0.2, 0) is 13.1 Å². The minimum absolute atomic E-state index is 0.199. The molecule has 0 aromatic heterocycles. The zero-order chi connectivity index (χ0) is 15.9. The summed E-state index contributed by atoms with van der Waals surface area (Å²) in [4.78, 5) is 13.6. The largest absolute Gasteiger partial charge is 0.496 e. The summed E-state index contributed by atoms with van der Waals surface area (Å²) < 4.78 is 18.1. The molecule has 2 aromatic rings. The minimum atomic E-state index is -0.285. The van der Waals surface area contributed by atoms with Crippen LogP contribution in [-0.4, -0.2) is 25.1 Å². The molecule has 4 nitrogen and oxygen atoms in total. The van der Waals surface area contributed by atoms with Crippen molar-refractivity contribution in [2.75, 3.05) is 14.2 Å². The van der Waals surface area contributed by atoms with E-state index in [-0.39, 0.29) is 11.8 Å². The van der Waals surface area contributed by atoms with E-state index in [0.717, 1.165) is 16.9 Å². The normalized spacial score (nSPS) is 10.1. The quantitative estimate of drug-likeness (QED) is 0.921. The zero-order valence-corrected chi connectivity index (χ0v) is 12.7. The summed E-state index contributed by atoms with van der Waals surface area (Å²) >= 11 is 0. The summed E-state index contributed by atoms with van der Waals surface area (Å²) in [5.74, 6) is 0.455. The Morgan fingerprint density at radius 2 is 1.86 bits per heavy atom. The second kappa shape index (κ2) is 7.45. The molecular weight excluding hydrogens is 283 g/mol. The first-order chi connectivity index (χ1) is 10.6. The number of carbonyl (C=O) groups excluding carboxylic acids is 1. The number of methoxy groups -OCH3 is 1. The highest BCUT2D eigenvalue weighted by Gasteiger charge is 2.10. The number of halogens is 1. The number of ether oxygens (including phenoxy) is 1. The molecule has 2 aromatic carbocycles. The fraction of sp³-hybridized carbons (Fsp3) is 0.235. The summed E-state index contributed by atoms with van der Waals surface area (Å²) in [7, 11) is 3.29. The monoisotopic (exact) mass is 302 g/mol. The zero-order valence-electron chi connectivity index (χ0n) is 12.7. The molecule has 1 N–H and O–H groups in total. The molecule has 0 heterocycles. The lowest BCUT2D eigenvalue weighted by molar-refractivity contribution is 0.206. The van der Waals surface area contributed by atoms with Crippen molar-refractivity contribution in [2.24, 2.45) is 0 Å². The van der Waals surface area contributed by atoms with Crippen LogP contribution in [0.3, 0.4) is 0 Å². The summed E-state index contributed by atoms with van der Waals surface area (Å²) in [5, 5.41) is 2.84. The smallest absolute Gasteiger partial charge is 0.317 e. The number of carbonyl (C=O) groups is 1. The fourth-order valence-electron chi connectivity index (χ4n) is 2.09. The van der Waals surface area contributed by atoms with Gasteiger partial charge in [-0.05, 0) is 23.8 Å². The average Bonchev–Trinajstić information content (AvgIpc) is 2.54. The van der Waals surface area contributed by atoms with Gasteiger partial charge in [0.1, 0.15) is 11.6 Å². The van der Waals surface area contributed by atoms with E-state index in [1.807, 2.05) is 24.3 Å². The molecule has 0 aliphatic rings. The van der Waals surface area contributed by atoms with Crippen molar-refractivity contribution in [3.05, 3.63) is 65.5 Å². The molecule has 0 bridgehead atoms. The van der Waals surface area contributed by atoms with E-state index in [4.69, 9.17) is 4.74 Å². The van der Waals surface area contributed by atoms with Gasteiger partial charge in [-0.2, -0.15) is 0 Å². The molecule has 2 amide bonds. The average molecular weight is 302 g/mol. The van der Waals surface area contributed by atoms with Crippen LogP contribution in [0, 0.1) is 5.82 Å². The van der Waals surface area contributed by atoms with Crippen LogP contribution in [0.25, 0.3) is 0 Å². The van der Waals surface area contributed by atoms with Crippen LogP contribution in [0.4, 0.5) is 9.18 Å². The molecule has 0 aliphatic carbocycles. The van der Waals surface area contributed by atoms with Crippen molar-refractivity contribution in [2.45, 2.75) is 13.1 Å². The van der Waals surface area contributed by atoms with Crippen LogP contribution in [0.5, 0.6) is 5.75 Å². The van der Waals surface area contributed by atoms with Gasteiger partial charge < -0.3 is 15.0 Å². The predicted octanol–water partition coefficient (Wildman–Crippen LogP) is 3.18. The highest BCUT2D eigenvalue weighted by molar-refractivity contribution is 5.73. The van der Waals surface area contributed by atoms with Crippen molar-refractivity contribution >= 4 is 6.03 Å². The third kappa shape index (κ3) is 4.22. The van der Waals surface area contributed by atoms with E-state index in [1.54, 1.807) is 31.2 Å². The third-order valence-electron chi connectivity index (χ3n) is 3.30. The van der Waals surface area contributed by atoms with E-state index in [1.165, 1.54) is 12.1 Å².